The molecule has 2 unspecified atom stereocenters. The minimum Gasteiger partial charge on any atom is -0.371 e. The van der Waals surface area contributed by atoms with Crippen LogP contribution in [0.3, 0.4) is 0 Å². The minimum atomic E-state index is -0.559. The van der Waals surface area contributed by atoms with Crippen molar-refractivity contribution in [2.24, 2.45) is 17.8 Å². The van der Waals surface area contributed by atoms with E-state index in [4.69, 9.17) is 0 Å². The van der Waals surface area contributed by atoms with Crippen molar-refractivity contribution in [3.63, 3.8) is 0 Å². The molecule has 0 radical (unpaired) electrons. The first-order chi connectivity index (χ1) is 21.0. The number of nitriles is 1. The van der Waals surface area contributed by atoms with E-state index in [2.05, 4.69) is 81.6 Å². The zero-order chi connectivity index (χ0) is 30.1. The maximum absolute atomic E-state index is 12.4. The van der Waals surface area contributed by atoms with Crippen LogP contribution in [0.4, 0.5) is 5.69 Å². The second-order valence-electron chi connectivity index (χ2n) is 12.3. The van der Waals surface area contributed by atoms with E-state index in [0.717, 1.165) is 70.4 Å². The first kappa shape index (κ1) is 31.1. The van der Waals surface area contributed by atoms with Crippen molar-refractivity contribution in [1.82, 2.24) is 15.2 Å². The number of hydrogen-bond donors (Lipinski definition) is 1. The lowest BCUT2D eigenvalue weighted by atomic mass is 9.62. The van der Waals surface area contributed by atoms with E-state index in [9.17, 15) is 10.1 Å². The quantitative estimate of drug-likeness (QED) is 0.235. The molecular weight excluding hydrogens is 550 g/mol. The van der Waals surface area contributed by atoms with Gasteiger partial charge in [-0.1, -0.05) is 61.9 Å². The molecule has 1 N–H and O–H groups in total. The number of carbonyl (C=O) groups is 1. The number of rotatable bonds is 13. The number of amides is 1. The molecule has 43 heavy (non-hydrogen) atoms. The van der Waals surface area contributed by atoms with Crippen LogP contribution < -0.4 is 10.2 Å². The van der Waals surface area contributed by atoms with Crippen molar-refractivity contribution in [1.29, 1.82) is 5.26 Å². The largest absolute Gasteiger partial charge is 0.371 e. The van der Waals surface area contributed by atoms with E-state index < -0.39 is 5.41 Å². The van der Waals surface area contributed by atoms with Gasteiger partial charge < -0.3 is 15.1 Å². The molecule has 3 heterocycles. The molecule has 1 amide bonds. The van der Waals surface area contributed by atoms with Crippen LogP contribution in [0.15, 0.2) is 88.9 Å². The summed E-state index contributed by atoms with van der Waals surface area (Å²) in [5, 5.41) is 13.6. The number of anilines is 1. The second kappa shape index (κ2) is 14.9. The average Bonchev–Trinajstić information content (AvgIpc) is 3.03. The molecule has 5 rings (SSSR count). The summed E-state index contributed by atoms with van der Waals surface area (Å²) in [6, 6.07) is 26.2. The Balaban J connectivity index is 1.15. The fourth-order valence-electron chi connectivity index (χ4n) is 7.10. The Hall–Kier alpha value is -3.34. The summed E-state index contributed by atoms with van der Waals surface area (Å²) in [6.45, 7) is 7.56. The zero-order valence-electron chi connectivity index (χ0n) is 25.6. The highest BCUT2D eigenvalue weighted by molar-refractivity contribution is 7.99. The second-order valence-corrected chi connectivity index (χ2v) is 13.5. The molecule has 226 valence electrons. The average molecular weight is 596 g/mol. The van der Waals surface area contributed by atoms with Crippen molar-refractivity contribution < 1.29 is 4.79 Å². The van der Waals surface area contributed by atoms with E-state index in [1.54, 1.807) is 18.8 Å². The van der Waals surface area contributed by atoms with Crippen LogP contribution in [0.25, 0.3) is 0 Å². The Bertz CT molecular complexity index is 1330. The van der Waals surface area contributed by atoms with Gasteiger partial charge in [-0.3, -0.25) is 9.78 Å². The van der Waals surface area contributed by atoms with E-state index in [1.807, 2.05) is 30.6 Å². The van der Waals surface area contributed by atoms with Gasteiger partial charge in [0.05, 0.1) is 11.5 Å². The predicted molar refractivity (Wildman–Crippen MR) is 175 cm³/mol. The van der Waals surface area contributed by atoms with Gasteiger partial charge in [-0.15, -0.1) is 0 Å². The molecule has 7 heteroatoms. The van der Waals surface area contributed by atoms with Crippen molar-refractivity contribution in [3.8, 4) is 6.07 Å². The van der Waals surface area contributed by atoms with Crippen LogP contribution in [-0.2, 0) is 10.2 Å². The molecule has 2 aromatic carbocycles. The monoisotopic (exact) mass is 595 g/mol. The standard InChI is InChI=1S/C36H45N5OS/c1-3-7-28(22-35(42)38-2)23-36(27-37,30-8-5-4-6-9-30)31-16-20-40(21-17-31)24-29-25-41(26-29)32-10-12-33(13-11-32)43-34-14-18-39-19-15-34/h4-6,8-15,18-19,28-29,31H,3,7,16-17,20-26H2,1-2H3,(H,38,42). The maximum Gasteiger partial charge on any atom is 0.220 e. The molecule has 0 aliphatic carbocycles. The fraction of sp³-hybridized carbons (Fsp3) is 0.472. The molecule has 0 bridgehead atoms. The first-order valence-electron chi connectivity index (χ1n) is 15.9. The van der Waals surface area contributed by atoms with Crippen LogP contribution >= 0.6 is 11.8 Å². The summed E-state index contributed by atoms with van der Waals surface area (Å²) in [7, 11) is 1.71. The fourth-order valence-corrected chi connectivity index (χ4v) is 7.90. The van der Waals surface area contributed by atoms with Gasteiger partial charge in [0.1, 0.15) is 0 Å². The number of piperidine rings is 1. The summed E-state index contributed by atoms with van der Waals surface area (Å²) in [5.74, 6) is 1.25. The van der Waals surface area contributed by atoms with Crippen molar-refractivity contribution in [3.05, 3.63) is 84.7 Å². The van der Waals surface area contributed by atoms with Crippen LogP contribution in [0, 0.1) is 29.1 Å². The van der Waals surface area contributed by atoms with Gasteiger partial charge in [-0.2, -0.15) is 5.26 Å². The van der Waals surface area contributed by atoms with E-state index in [-0.39, 0.29) is 11.8 Å². The minimum absolute atomic E-state index is 0.0718. The molecule has 0 saturated carbocycles. The Morgan fingerprint density at radius 2 is 1.72 bits per heavy atom. The SMILES string of the molecule is CCCC(CC(=O)NC)CC(C#N)(c1ccccc1)C1CCN(CC2CN(c3ccc(Sc4ccncc4)cc3)C2)CC1. The van der Waals surface area contributed by atoms with Gasteiger partial charge >= 0.3 is 0 Å². The lowest BCUT2D eigenvalue weighted by Crippen LogP contribution is -2.53. The maximum atomic E-state index is 12.4. The molecule has 1 aromatic heterocycles. The molecule has 0 spiro atoms. The molecule has 2 aliphatic rings. The smallest absolute Gasteiger partial charge is 0.220 e. The summed E-state index contributed by atoms with van der Waals surface area (Å²) in [6.07, 6.45) is 8.93. The van der Waals surface area contributed by atoms with Gasteiger partial charge in [0.25, 0.3) is 0 Å². The van der Waals surface area contributed by atoms with Crippen LogP contribution in [-0.4, -0.2) is 55.6 Å². The summed E-state index contributed by atoms with van der Waals surface area (Å²) in [5.41, 5.74) is 1.86. The first-order valence-corrected chi connectivity index (χ1v) is 16.7. The highest BCUT2D eigenvalue weighted by Crippen LogP contribution is 2.44. The third-order valence-corrected chi connectivity index (χ3v) is 10.4. The number of nitrogens with zero attached hydrogens (tertiary/aromatic N) is 4. The van der Waals surface area contributed by atoms with E-state index in [1.165, 1.54) is 15.5 Å². The number of carbonyl (C=O) groups excluding carboxylic acids is 1. The topological polar surface area (TPSA) is 72.3 Å². The molecule has 2 fully saturated rings. The highest BCUT2D eigenvalue weighted by atomic mass is 32.2. The molecular formula is C36H45N5OS. The van der Waals surface area contributed by atoms with Gasteiger partial charge in [0, 0.05) is 66.9 Å². The van der Waals surface area contributed by atoms with Crippen molar-refractivity contribution >= 4 is 23.4 Å². The van der Waals surface area contributed by atoms with Gasteiger partial charge in [0.15, 0.2) is 0 Å². The summed E-state index contributed by atoms with van der Waals surface area (Å²) in [4.78, 5) is 24.0. The molecule has 2 atom stereocenters. The molecule has 6 nitrogen and oxygen atoms in total. The molecule has 3 aromatic rings. The van der Waals surface area contributed by atoms with E-state index in [0.29, 0.717) is 18.3 Å². The predicted octanol–water partition coefficient (Wildman–Crippen LogP) is 6.79. The lowest BCUT2D eigenvalue weighted by Gasteiger charge is -2.46. The number of pyridine rings is 1. The number of likely N-dealkylation sites (tertiary alicyclic amines) is 1. The van der Waals surface area contributed by atoms with Crippen LogP contribution in [0.1, 0.15) is 51.0 Å². The summed E-state index contributed by atoms with van der Waals surface area (Å²) >= 11 is 1.77. The highest BCUT2D eigenvalue weighted by Gasteiger charge is 2.44. The Morgan fingerprint density at radius 1 is 1.05 bits per heavy atom. The van der Waals surface area contributed by atoms with Gasteiger partial charge in [-0.05, 0) is 86.1 Å². The Morgan fingerprint density at radius 3 is 2.35 bits per heavy atom. The van der Waals surface area contributed by atoms with Crippen molar-refractivity contribution in [2.45, 2.75) is 60.7 Å². The lowest BCUT2D eigenvalue weighted by molar-refractivity contribution is -0.121. The van der Waals surface area contributed by atoms with Gasteiger partial charge in [0.2, 0.25) is 5.91 Å². The third kappa shape index (κ3) is 7.79. The van der Waals surface area contributed by atoms with E-state index >= 15 is 0 Å². The Labute approximate surface area is 261 Å². The van der Waals surface area contributed by atoms with Crippen LogP contribution in [0.5, 0.6) is 0 Å². The number of benzene rings is 2. The normalized spacial score (nSPS) is 18.3. The van der Waals surface area contributed by atoms with Gasteiger partial charge in [-0.25, -0.2) is 0 Å². The number of nitrogens with one attached hydrogen (secondary N) is 1. The zero-order valence-corrected chi connectivity index (χ0v) is 26.4. The number of hydrogen-bond acceptors (Lipinski definition) is 6. The van der Waals surface area contributed by atoms with Crippen molar-refractivity contribution in [2.75, 3.05) is 44.7 Å². The van der Waals surface area contributed by atoms with Crippen LogP contribution in [0.2, 0.25) is 0 Å². The Kier molecular flexibility index (Phi) is 10.8. The molecule has 2 saturated heterocycles. The molecule has 2 aliphatic heterocycles. The number of aromatic nitrogens is 1. The third-order valence-electron chi connectivity index (χ3n) is 9.39. The summed E-state index contributed by atoms with van der Waals surface area (Å²) < 4.78 is 0.